The van der Waals surface area contributed by atoms with E-state index in [4.69, 9.17) is 4.74 Å². The minimum Gasteiger partial charge on any atom is -0.487 e. The number of anilines is 1. The van der Waals surface area contributed by atoms with Crippen molar-refractivity contribution >= 4 is 23.2 Å². The van der Waals surface area contributed by atoms with E-state index in [1.165, 1.54) is 18.2 Å². The smallest absolute Gasteiger partial charge is 0.311 e. The summed E-state index contributed by atoms with van der Waals surface area (Å²) in [6.07, 6.45) is 2.04. The van der Waals surface area contributed by atoms with Gasteiger partial charge in [-0.15, -0.1) is 0 Å². The number of ether oxygens (including phenoxy) is 1. The van der Waals surface area contributed by atoms with Crippen LogP contribution in [0.15, 0.2) is 42.5 Å². The number of amides is 2. The SMILES string of the molecule is CCOc1ccc(C(=O)Nc2ccc(C(=O)N3CCCC3)cc2)cc1[N+](=O)[O-]. The molecular formula is C20H21N3O5. The van der Waals surface area contributed by atoms with Gasteiger partial charge in [0.1, 0.15) is 0 Å². The van der Waals surface area contributed by atoms with Gasteiger partial charge in [0.25, 0.3) is 11.8 Å². The lowest BCUT2D eigenvalue weighted by Crippen LogP contribution is -2.27. The summed E-state index contributed by atoms with van der Waals surface area (Å²) in [5.41, 5.74) is 0.949. The predicted molar refractivity (Wildman–Crippen MR) is 104 cm³/mol. The second kappa shape index (κ2) is 8.51. The van der Waals surface area contributed by atoms with Gasteiger partial charge in [0, 0.05) is 36.0 Å². The Bertz CT molecular complexity index is 889. The minimum absolute atomic E-state index is 0.0162. The summed E-state index contributed by atoms with van der Waals surface area (Å²) in [5.74, 6) is -0.379. The highest BCUT2D eigenvalue weighted by atomic mass is 16.6. The molecule has 0 bridgehead atoms. The largest absolute Gasteiger partial charge is 0.487 e. The average molecular weight is 383 g/mol. The molecule has 0 saturated carbocycles. The maximum atomic E-state index is 12.4. The maximum Gasteiger partial charge on any atom is 0.311 e. The molecule has 0 radical (unpaired) electrons. The van der Waals surface area contributed by atoms with Crippen LogP contribution in [-0.2, 0) is 0 Å². The van der Waals surface area contributed by atoms with Gasteiger partial charge in [-0.05, 0) is 56.2 Å². The van der Waals surface area contributed by atoms with Crippen LogP contribution in [0.4, 0.5) is 11.4 Å². The Kier molecular flexibility index (Phi) is 5.88. The first-order valence-electron chi connectivity index (χ1n) is 9.11. The highest BCUT2D eigenvalue weighted by molar-refractivity contribution is 6.05. The van der Waals surface area contributed by atoms with Crippen LogP contribution >= 0.6 is 0 Å². The first kappa shape index (κ1) is 19.3. The third-order valence-corrected chi connectivity index (χ3v) is 4.50. The Morgan fingerprint density at radius 2 is 1.75 bits per heavy atom. The van der Waals surface area contributed by atoms with E-state index >= 15 is 0 Å². The molecule has 0 atom stereocenters. The van der Waals surface area contributed by atoms with Crippen LogP contribution in [-0.4, -0.2) is 41.3 Å². The molecule has 1 aliphatic heterocycles. The van der Waals surface area contributed by atoms with Crippen LogP contribution in [0.2, 0.25) is 0 Å². The molecule has 0 aromatic heterocycles. The second-order valence-corrected chi connectivity index (χ2v) is 6.40. The molecule has 0 unspecified atom stereocenters. The molecule has 1 heterocycles. The third-order valence-electron chi connectivity index (χ3n) is 4.50. The average Bonchev–Trinajstić information content (AvgIpc) is 3.23. The zero-order chi connectivity index (χ0) is 20.1. The first-order chi connectivity index (χ1) is 13.5. The number of nitro benzene ring substituents is 1. The molecule has 2 aromatic carbocycles. The number of benzene rings is 2. The van der Waals surface area contributed by atoms with Crippen molar-refractivity contribution in [2.75, 3.05) is 25.0 Å². The van der Waals surface area contributed by atoms with Crippen LogP contribution in [0.5, 0.6) is 5.75 Å². The Hall–Kier alpha value is -3.42. The number of likely N-dealkylation sites (tertiary alicyclic amines) is 1. The fraction of sp³-hybridized carbons (Fsp3) is 0.300. The lowest BCUT2D eigenvalue weighted by Gasteiger charge is -2.15. The van der Waals surface area contributed by atoms with Gasteiger partial charge in [0.15, 0.2) is 5.75 Å². The molecule has 1 saturated heterocycles. The Balaban J connectivity index is 1.71. The zero-order valence-corrected chi connectivity index (χ0v) is 15.5. The summed E-state index contributed by atoms with van der Waals surface area (Å²) in [4.78, 5) is 37.2. The van der Waals surface area contributed by atoms with Gasteiger partial charge in [-0.2, -0.15) is 0 Å². The molecular weight excluding hydrogens is 362 g/mol. The first-order valence-corrected chi connectivity index (χ1v) is 9.11. The molecule has 1 fully saturated rings. The van der Waals surface area contributed by atoms with Crippen molar-refractivity contribution in [1.82, 2.24) is 4.90 Å². The van der Waals surface area contributed by atoms with Crippen molar-refractivity contribution in [1.29, 1.82) is 0 Å². The van der Waals surface area contributed by atoms with E-state index in [0.717, 1.165) is 25.9 Å². The number of rotatable bonds is 6. The third kappa shape index (κ3) is 4.28. The van der Waals surface area contributed by atoms with E-state index in [1.54, 1.807) is 31.2 Å². The molecule has 8 heteroatoms. The van der Waals surface area contributed by atoms with Gasteiger partial charge >= 0.3 is 5.69 Å². The number of nitro groups is 1. The standard InChI is InChI=1S/C20H21N3O5/c1-2-28-18-10-7-15(13-17(18)23(26)27)19(24)21-16-8-5-14(6-9-16)20(25)22-11-3-4-12-22/h5-10,13H,2-4,11-12H2,1H3,(H,21,24). The zero-order valence-electron chi connectivity index (χ0n) is 15.5. The quantitative estimate of drug-likeness (QED) is 0.608. The van der Waals surface area contributed by atoms with Gasteiger partial charge in [0.05, 0.1) is 11.5 Å². The van der Waals surface area contributed by atoms with Gasteiger partial charge in [-0.3, -0.25) is 19.7 Å². The molecule has 1 N–H and O–H groups in total. The van der Waals surface area contributed by atoms with Crippen molar-refractivity contribution < 1.29 is 19.2 Å². The van der Waals surface area contributed by atoms with Crippen LogP contribution in [0.25, 0.3) is 0 Å². The van der Waals surface area contributed by atoms with Crippen LogP contribution < -0.4 is 10.1 Å². The number of carbonyl (C=O) groups excluding carboxylic acids is 2. The summed E-state index contributed by atoms with van der Waals surface area (Å²) in [6, 6.07) is 10.7. The van der Waals surface area contributed by atoms with E-state index in [0.29, 0.717) is 11.3 Å². The molecule has 3 rings (SSSR count). The van der Waals surface area contributed by atoms with Crippen molar-refractivity contribution in [3.8, 4) is 5.75 Å². The summed E-state index contributed by atoms with van der Waals surface area (Å²) in [7, 11) is 0. The van der Waals surface area contributed by atoms with E-state index in [-0.39, 0.29) is 29.5 Å². The lowest BCUT2D eigenvalue weighted by molar-refractivity contribution is -0.385. The van der Waals surface area contributed by atoms with Crippen LogP contribution in [0.1, 0.15) is 40.5 Å². The number of hydrogen-bond donors (Lipinski definition) is 1. The van der Waals surface area contributed by atoms with Crippen LogP contribution in [0.3, 0.4) is 0 Å². The molecule has 1 aliphatic rings. The summed E-state index contributed by atoms with van der Waals surface area (Å²) in [5, 5.41) is 13.9. The Morgan fingerprint density at radius 1 is 1.11 bits per heavy atom. The lowest BCUT2D eigenvalue weighted by atomic mass is 10.1. The molecule has 8 nitrogen and oxygen atoms in total. The summed E-state index contributed by atoms with van der Waals surface area (Å²) < 4.78 is 5.22. The number of nitrogens with one attached hydrogen (secondary N) is 1. The minimum atomic E-state index is -0.583. The molecule has 28 heavy (non-hydrogen) atoms. The number of nitrogens with zero attached hydrogens (tertiary/aromatic N) is 2. The topological polar surface area (TPSA) is 102 Å². The molecule has 2 amide bonds. The molecule has 0 aliphatic carbocycles. The van der Waals surface area contributed by atoms with E-state index in [9.17, 15) is 19.7 Å². The van der Waals surface area contributed by atoms with Gasteiger partial charge in [0.2, 0.25) is 0 Å². The molecule has 2 aromatic rings. The Labute approximate surface area is 162 Å². The van der Waals surface area contributed by atoms with Crippen LogP contribution in [0, 0.1) is 10.1 Å². The number of carbonyl (C=O) groups is 2. The van der Waals surface area contributed by atoms with E-state index in [2.05, 4.69) is 5.32 Å². The van der Waals surface area contributed by atoms with Gasteiger partial charge in [-0.1, -0.05) is 0 Å². The fourth-order valence-electron chi connectivity index (χ4n) is 3.08. The number of hydrogen-bond acceptors (Lipinski definition) is 5. The van der Waals surface area contributed by atoms with Crippen molar-refractivity contribution in [3.05, 3.63) is 63.7 Å². The summed E-state index contributed by atoms with van der Waals surface area (Å²) in [6.45, 7) is 3.55. The Morgan fingerprint density at radius 3 is 2.36 bits per heavy atom. The van der Waals surface area contributed by atoms with Crippen molar-refractivity contribution in [2.24, 2.45) is 0 Å². The normalized spacial score (nSPS) is 13.2. The van der Waals surface area contributed by atoms with Gasteiger partial charge in [-0.25, -0.2) is 0 Å². The second-order valence-electron chi connectivity index (χ2n) is 6.40. The maximum absolute atomic E-state index is 12.4. The highest BCUT2D eigenvalue weighted by Gasteiger charge is 2.20. The molecule has 0 spiro atoms. The fourth-order valence-corrected chi connectivity index (χ4v) is 3.08. The van der Waals surface area contributed by atoms with E-state index < -0.39 is 10.8 Å². The van der Waals surface area contributed by atoms with Crippen molar-refractivity contribution in [2.45, 2.75) is 19.8 Å². The van der Waals surface area contributed by atoms with E-state index in [1.807, 2.05) is 4.90 Å². The predicted octanol–water partition coefficient (Wildman–Crippen LogP) is 3.48. The van der Waals surface area contributed by atoms with Gasteiger partial charge < -0.3 is 15.0 Å². The molecule has 146 valence electrons. The van der Waals surface area contributed by atoms with Crippen molar-refractivity contribution in [3.63, 3.8) is 0 Å². The monoisotopic (exact) mass is 383 g/mol. The summed E-state index contributed by atoms with van der Waals surface area (Å²) >= 11 is 0. The highest BCUT2D eigenvalue weighted by Crippen LogP contribution is 2.28.